The van der Waals surface area contributed by atoms with Gasteiger partial charge in [0.15, 0.2) is 0 Å². The number of rotatable bonds is 3. The van der Waals surface area contributed by atoms with Crippen molar-refractivity contribution in [3.8, 4) is 0 Å². The number of nitrogens with zero attached hydrogens (tertiary/aromatic N) is 3. The van der Waals surface area contributed by atoms with Gasteiger partial charge in [-0.15, -0.1) is 0 Å². The molecule has 17 heavy (non-hydrogen) atoms. The monoisotopic (exact) mass is 263 g/mol. The summed E-state index contributed by atoms with van der Waals surface area (Å²) in [6.07, 6.45) is 1.20. The molecule has 0 aromatic rings. The van der Waals surface area contributed by atoms with Gasteiger partial charge in [0, 0.05) is 39.3 Å². The molecule has 0 saturated carbocycles. The number of carbonyl (C=O) groups excluding carboxylic acids is 1. The molecule has 7 heteroatoms. The SMILES string of the molecule is CCN(CC)C(=O)N1CCN(S(C)(=O)=O)CC1. The molecule has 2 amide bonds. The van der Waals surface area contributed by atoms with Crippen molar-refractivity contribution >= 4 is 16.1 Å². The van der Waals surface area contributed by atoms with Crippen LogP contribution in [0.25, 0.3) is 0 Å². The smallest absolute Gasteiger partial charge is 0.320 e. The highest BCUT2D eigenvalue weighted by molar-refractivity contribution is 7.88. The van der Waals surface area contributed by atoms with E-state index in [0.717, 1.165) is 0 Å². The van der Waals surface area contributed by atoms with E-state index in [1.165, 1.54) is 10.6 Å². The standard InChI is InChI=1S/C10H21N3O3S/c1-4-11(5-2)10(14)12-6-8-13(9-7-12)17(3,15)16/h4-9H2,1-3H3. The van der Waals surface area contributed by atoms with Crippen molar-refractivity contribution in [2.75, 3.05) is 45.5 Å². The minimum Gasteiger partial charge on any atom is -0.325 e. The van der Waals surface area contributed by atoms with E-state index in [4.69, 9.17) is 0 Å². The minimum absolute atomic E-state index is 0.00292. The van der Waals surface area contributed by atoms with E-state index in [-0.39, 0.29) is 6.03 Å². The zero-order valence-corrected chi connectivity index (χ0v) is 11.5. The molecule has 6 nitrogen and oxygen atoms in total. The van der Waals surface area contributed by atoms with Gasteiger partial charge < -0.3 is 9.80 Å². The van der Waals surface area contributed by atoms with Gasteiger partial charge in [-0.2, -0.15) is 4.31 Å². The molecule has 0 N–H and O–H groups in total. The van der Waals surface area contributed by atoms with E-state index >= 15 is 0 Å². The summed E-state index contributed by atoms with van der Waals surface area (Å²) < 4.78 is 24.1. The number of hydrogen-bond acceptors (Lipinski definition) is 3. The number of amides is 2. The molecule has 1 aliphatic heterocycles. The maximum atomic E-state index is 12.0. The second kappa shape index (κ2) is 5.68. The lowest BCUT2D eigenvalue weighted by Gasteiger charge is -2.36. The first kappa shape index (κ1) is 14.2. The van der Waals surface area contributed by atoms with Crippen LogP contribution in [0.4, 0.5) is 4.79 Å². The summed E-state index contributed by atoms with van der Waals surface area (Å²) in [5.41, 5.74) is 0. The third-order valence-corrected chi connectivity index (χ3v) is 4.32. The van der Waals surface area contributed by atoms with Gasteiger partial charge in [-0.1, -0.05) is 0 Å². The number of piperazine rings is 1. The summed E-state index contributed by atoms with van der Waals surface area (Å²) in [6.45, 7) is 6.98. The minimum atomic E-state index is -3.12. The molecule has 1 aliphatic rings. The lowest BCUT2D eigenvalue weighted by Crippen LogP contribution is -2.53. The van der Waals surface area contributed by atoms with Crippen molar-refractivity contribution in [2.45, 2.75) is 13.8 Å². The Bertz CT molecular complexity index is 357. The van der Waals surface area contributed by atoms with Crippen LogP contribution in [0.5, 0.6) is 0 Å². The first-order valence-electron chi connectivity index (χ1n) is 5.89. The lowest BCUT2D eigenvalue weighted by atomic mass is 10.4. The summed E-state index contributed by atoms with van der Waals surface area (Å²) >= 11 is 0. The highest BCUT2D eigenvalue weighted by Gasteiger charge is 2.27. The largest absolute Gasteiger partial charge is 0.325 e. The summed E-state index contributed by atoms with van der Waals surface area (Å²) in [7, 11) is -3.12. The lowest BCUT2D eigenvalue weighted by molar-refractivity contribution is 0.138. The zero-order chi connectivity index (χ0) is 13.1. The van der Waals surface area contributed by atoms with Gasteiger partial charge >= 0.3 is 6.03 Å². The fourth-order valence-corrected chi connectivity index (χ4v) is 2.73. The maximum absolute atomic E-state index is 12.0. The predicted molar refractivity (Wildman–Crippen MR) is 66.3 cm³/mol. The summed E-state index contributed by atoms with van der Waals surface area (Å²) in [4.78, 5) is 15.5. The topological polar surface area (TPSA) is 60.9 Å². The molecule has 1 rings (SSSR count). The van der Waals surface area contributed by atoms with Gasteiger partial charge in [-0.05, 0) is 13.8 Å². The van der Waals surface area contributed by atoms with Crippen LogP contribution in [-0.4, -0.2) is 74.1 Å². The van der Waals surface area contributed by atoms with Crippen molar-refractivity contribution in [2.24, 2.45) is 0 Å². The third-order valence-electron chi connectivity index (χ3n) is 3.01. The molecular formula is C10H21N3O3S. The van der Waals surface area contributed by atoms with E-state index < -0.39 is 10.0 Å². The molecule has 0 spiro atoms. The van der Waals surface area contributed by atoms with Crippen molar-refractivity contribution in [1.29, 1.82) is 0 Å². The van der Waals surface area contributed by atoms with Crippen molar-refractivity contribution in [1.82, 2.24) is 14.1 Å². The fraction of sp³-hybridized carbons (Fsp3) is 0.900. The van der Waals surface area contributed by atoms with Gasteiger partial charge in [-0.25, -0.2) is 13.2 Å². The molecule has 1 heterocycles. The van der Waals surface area contributed by atoms with Gasteiger partial charge in [0.1, 0.15) is 0 Å². The van der Waals surface area contributed by atoms with Crippen LogP contribution in [0.1, 0.15) is 13.8 Å². The number of hydrogen-bond donors (Lipinski definition) is 0. The molecule has 0 unspecified atom stereocenters. The molecule has 0 radical (unpaired) electrons. The Morgan fingerprint density at radius 2 is 1.59 bits per heavy atom. The molecule has 0 aromatic carbocycles. The molecule has 1 fully saturated rings. The third kappa shape index (κ3) is 3.57. The average molecular weight is 263 g/mol. The second-order valence-corrected chi connectivity index (χ2v) is 6.09. The van der Waals surface area contributed by atoms with Crippen LogP contribution < -0.4 is 0 Å². The van der Waals surface area contributed by atoms with Crippen LogP contribution in [0.15, 0.2) is 0 Å². The summed E-state index contributed by atoms with van der Waals surface area (Å²) in [5.74, 6) is 0. The maximum Gasteiger partial charge on any atom is 0.320 e. The van der Waals surface area contributed by atoms with E-state index in [2.05, 4.69) is 0 Å². The molecule has 0 aliphatic carbocycles. The van der Waals surface area contributed by atoms with Crippen LogP contribution >= 0.6 is 0 Å². The molecule has 100 valence electrons. The Kier molecular flexibility index (Phi) is 4.76. The van der Waals surface area contributed by atoms with Crippen LogP contribution in [0.2, 0.25) is 0 Å². The summed E-state index contributed by atoms with van der Waals surface area (Å²) in [6, 6.07) is 0.00292. The molecule has 0 atom stereocenters. The van der Waals surface area contributed by atoms with Gasteiger partial charge in [0.05, 0.1) is 6.26 Å². The molecular weight excluding hydrogens is 242 g/mol. The predicted octanol–water partition coefficient (Wildman–Crippen LogP) is 0.0254. The zero-order valence-electron chi connectivity index (χ0n) is 10.7. The van der Waals surface area contributed by atoms with Gasteiger partial charge in [-0.3, -0.25) is 0 Å². The van der Waals surface area contributed by atoms with Crippen LogP contribution in [-0.2, 0) is 10.0 Å². The first-order chi connectivity index (χ1) is 7.90. The Hall–Kier alpha value is -0.820. The van der Waals surface area contributed by atoms with Gasteiger partial charge in [0.2, 0.25) is 10.0 Å². The van der Waals surface area contributed by atoms with Crippen molar-refractivity contribution in [3.63, 3.8) is 0 Å². The highest BCUT2D eigenvalue weighted by Crippen LogP contribution is 2.08. The van der Waals surface area contributed by atoms with Crippen LogP contribution in [0.3, 0.4) is 0 Å². The Labute approximate surface area is 103 Å². The molecule has 0 aromatic heterocycles. The molecule has 1 saturated heterocycles. The highest BCUT2D eigenvalue weighted by atomic mass is 32.2. The van der Waals surface area contributed by atoms with E-state index in [1.54, 1.807) is 9.80 Å². The van der Waals surface area contributed by atoms with Crippen molar-refractivity contribution in [3.05, 3.63) is 0 Å². The Morgan fingerprint density at radius 3 is 1.94 bits per heavy atom. The van der Waals surface area contributed by atoms with Gasteiger partial charge in [0.25, 0.3) is 0 Å². The molecule has 0 bridgehead atoms. The van der Waals surface area contributed by atoms with E-state index in [0.29, 0.717) is 39.3 Å². The number of urea groups is 1. The first-order valence-corrected chi connectivity index (χ1v) is 7.74. The Morgan fingerprint density at radius 1 is 1.12 bits per heavy atom. The fourth-order valence-electron chi connectivity index (χ4n) is 1.91. The van der Waals surface area contributed by atoms with E-state index in [9.17, 15) is 13.2 Å². The average Bonchev–Trinajstić information content (AvgIpc) is 2.29. The number of sulfonamides is 1. The van der Waals surface area contributed by atoms with E-state index in [1.807, 2.05) is 13.8 Å². The normalized spacial score (nSPS) is 18.2. The second-order valence-electron chi connectivity index (χ2n) is 4.10. The Balaban J connectivity index is 2.55. The van der Waals surface area contributed by atoms with Crippen LogP contribution in [0, 0.1) is 0 Å². The quantitative estimate of drug-likeness (QED) is 0.721. The number of carbonyl (C=O) groups is 1. The summed E-state index contributed by atoms with van der Waals surface area (Å²) in [5, 5.41) is 0. The van der Waals surface area contributed by atoms with Crippen molar-refractivity contribution < 1.29 is 13.2 Å².